The van der Waals surface area contributed by atoms with Gasteiger partial charge in [-0.2, -0.15) is 10.4 Å². The minimum Gasteiger partial charge on any atom is -0.284 e. The number of benzene rings is 2. The Bertz CT molecular complexity index is 1040. The molecule has 1 saturated heterocycles. The van der Waals surface area contributed by atoms with Crippen LogP contribution in [0.4, 0.5) is 5.69 Å². The van der Waals surface area contributed by atoms with E-state index >= 15 is 0 Å². The lowest BCUT2D eigenvalue weighted by molar-refractivity contribution is -0.119. The second-order valence-electron chi connectivity index (χ2n) is 7.52. The summed E-state index contributed by atoms with van der Waals surface area (Å²) in [5, 5.41) is 19.6. The summed E-state index contributed by atoms with van der Waals surface area (Å²) in [7, 11) is 0. The van der Waals surface area contributed by atoms with Crippen molar-refractivity contribution in [3.63, 3.8) is 0 Å². The van der Waals surface area contributed by atoms with Gasteiger partial charge in [0.1, 0.15) is 11.6 Å². The molecule has 2 aromatic rings. The Labute approximate surface area is 195 Å². The van der Waals surface area contributed by atoms with Gasteiger partial charge in [0.15, 0.2) is 0 Å². The van der Waals surface area contributed by atoms with Gasteiger partial charge in [0.05, 0.1) is 22.8 Å². The SMILES string of the molecule is N#CC1C(C(=O)NN2CCCCC2)=NN(c2ccc(Cl)cc2Cl)C1c1ccc(Cl)cc1. The van der Waals surface area contributed by atoms with E-state index in [0.29, 0.717) is 20.8 Å². The van der Waals surface area contributed by atoms with Gasteiger partial charge in [-0.3, -0.25) is 15.2 Å². The van der Waals surface area contributed by atoms with E-state index < -0.39 is 12.0 Å². The van der Waals surface area contributed by atoms with E-state index in [0.717, 1.165) is 37.9 Å². The van der Waals surface area contributed by atoms with Crippen LogP contribution in [0.3, 0.4) is 0 Å². The third-order valence-corrected chi connectivity index (χ3v) is 6.23. The number of hydrazine groups is 1. The van der Waals surface area contributed by atoms with Gasteiger partial charge in [-0.1, -0.05) is 53.4 Å². The number of nitrogens with one attached hydrogen (secondary N) is 1. The number of piperidine rings is 1. The zero-order valence-electron chi connectivity index (χ0n) is 16.6. The first-order valence-electron chi connectivity index (χ1n) is 10.0. The lowest BCUT2D eigenvalue weighted by Crippen LogP contribution is -2.48. The molecule has 2 aliphatic heterocycles. The summed E-state index contributed by atoms with van der Waals surface area (Å²) in [6, 6.07) is 13.9. The predicted octanol–water partition coefficient (Wildman–Crippen LogP) is 5.22. The van der Waals surface area contributed by atoms with Crippen molar-refractivity contribution in [2.45, 2.75) is 25.3 Å². The zero-order chi connectivity index (χ0) is 22.0. The average molecular weight is 477 g/mol. The van der Waals surface area contributed by atoms with Crippen molar-refractivity contribution in [3.05, 3.63) is 63.1 Å². The first-order valence-corrected chi connectivity index (χ1v) is 11.1. The number of nitrogens with zero attached hydrogens (tertiary/aromatic N) is 4. The Balaban J connectivity index is 1.73. The summed E-state index contributed by atoms with van der Waals surface area (Å²) in [4.78, 5) is 13.1. The molecule has 9 heteroatoms. The summed E-state index contributed by atoms with van der Waals surface area (Å²) in [6.45, 7) is 1.56. The van der Waals surface area contributed by atoms with Gasteiger partial charge in [0, 0.05) is 23.1 Å². The van der Waals surface area contributed by atoms with Crippen molar-refractivity contribution < 1.29 is 4.79 Å². The van der Waals surface area contributed by atoms with Gasteiger partial charge in [-0.25, -0.2) is 5.01 Å². The van der Waals surface area contributed by atoms with Crippen molar-refractivity contribution >= 4 is 52.1 Å². The van der Waals surface area contributed by atoms with E-state index in [1.54, 1.807) is 35.3 Å². The van der Waals surface area contributed by atoms with Crippen LogP contribution in [0, 0.1) is 17.2 Å². The van der Waals surface area contributed by atoms with Crippen LogP contribution in [0.25, 0.3) is 0 Å². The molecule has 0 radical (unpaired) electrons. The molecule has 0 bridgehead atoms. The van der Waals surface area contributed by atoms with E-state index in [2.05, 4.69) is 16.6 Å². The van der Waals surface area contributed by atoms with Gasteiger partial charge in [-0.15, -0.1) is 0 Å². The number of halogens is 3. The van der Waals surface area contributed by atoms with Crippen LogP contribution >= 0.6 is 34.8 Å². The quantitative estimate of drug-likeness (QED) is 0.656. The molecule has 1 fully saturated rings. The van der Waals surface area contributed by atoms with Crippen LogP contribution in [-0.4, -0.2) is 29.7 Å². The monoisotopic (exact) mass is 475 g/mol. The highest BCUT2D eigenvalue weighted by Crippen LogP contribution is 2.42. The number of hydrazone groups is 1. The molecule has 0 aliphatic carbocycles. The molecule has 2 atom stereocenters. The summed E-state index contributed by atoms with van der Waals surface area (Å²) in [6.07, 6.45) is 3.19. The highest BCUT2D eigenvalue weighted by Gasteiger charge is 2.43. The second-order valence-corrected chi connectivity index (χ2v) is 8.80. The third kappa shape index (κ3) is 4.65. The smallest absolute Gasteiger partial charge is 0.283 e. The molecule has 2 unspecified atom stereocenters. The Kier molecular flexibility index (Phi) is 6.68. The summed E-state index contributed by atoms with van der Waals surface area (Å²) >= 11 is 18.6. The van der Waals surface area contributed by atoms with Crippen molar-refractivity contribution in [1.29, 1.82) is 5.26 Å². The zero-order valence-corrected chi connectivity index (χ0v) is 18.8. The molecule has 1 amide bonds. The van der Waals surface area contributed by atoms with Gasteiger partial charge in [-0.05, 0) is 48.7 Å². The maximum atomic E-state index is 13.1. The summed E-state index contributed by atoms with van der Waals surface area (Å²) < 4.78 is 0. The Morgan fingerprint density at radius 3 is 2.35 bits per heavy atom. The molecule has 2 heterocycles. The maximum absolute atomic E-state index is 13.1. The first kappa shape index (κ1) is 21.9. The minimum atomic E-state index is -0.794. The van der Waals surface area contributed by atoms with Gasteiger partial charge < -0.3 is 0 Å². The number of carbonyl (C=O) groups excluding carboxylic acids is 1. The molecule has 0 saturated carbocycles. The standard InChI is InChI=1S/C22H20Cl3N5O/c23-15-6-4-14(5-7-15)21-17(13-26)20(22(31)28-29-10-2-1-3-11-29)27-30(21)19-9-8-16(24)12-18(19)25/h4-9,12,17,21H,1-3,10-11H2,(H,28,31). The second kappa shape index (κ2) is 9.46. The first-order chi connectivity index (χ1) is 15.0. The molecular formula is C22H20Cl3N5O. The number of hydrogen-bond donors (Lipinski definition) is 1. The molecule has 2 aromatic carbocycles. The molecule has 4 rings (SSSR count). The molecule has 31 heavy (non-hydrogen) atoms. The van der Waals surface area contributed by atoms with Crippen LogP contribution in [0.1, 0.15) is 30.9 Å². The fraction of sp³-hybridized carbons (Fsp3) is 0.318. The van der Waals surface area contributed by atoms with Gasteiger partial charge in [0.25, 0.3) is 5.91 Å². The van der Waals surface area contributed by atoms with Crippen LogP contribution in [0.15, 0.2) is 47.6 Å². The number of amides is 1. The molecule has 0 spiro atoms. The fourth-order valence-electron chi connectivity index (χ4n) is 3.92. The Hall–Kier alpha value is -2.30. The van der Waals surface area contributed by atoms with Crippen LogP contribution < -0.4 is 10.4 Å². The number of rotatable bonds is 4. The average Bonchev–Trinajstić information content (AvgIpc) is 3.14. The molecule has 160 valence electrons. The van der Waals surface area contributed by atoms with Crippen LogP contribution in [0.5, 0.6) is 0 Å². The molecule has 6 nitrogen and oxygen atoms in total. The van der Waals surface area contributed by atoms with E-state index in [1.165, 1.54) is 0 Å². The van der Waals surface area contributed by atoms with Crippen molar-refractivity contribution in [2.24, 2.45) is 11.0 Å². The molecule has 2 aliphatic rings. The number of anilines is 1. The Morgan fingerprint density at radius 2 is 1.71 bits per heavy atom. The summed E-state index contributed by atoms with van der Waals surface area (Å²) in [5.74, 6) is -1.17. The maximum Gasteiger partial charge on any atom is 0.283 e. The fourth-order valence-corrected chi connectivity index (χ4v) is 4.54. The Morgan fingerprint density at radius 1 is 1.03 bits per heavy atom. The highest BCUT2D eigenvalue weighted by atomic mass is 35.5. The normalized spacial score (nSPS) is 21.5. The topological polar surface area (TPSA) is 71.7 Å². The molecular weight excluding hydrogens is 457 g/mol. The number of carbonyl (C=O) groups is 1. The molecule has 1 N–H and O–H groups in total. The van der Waals surface area contributed by atoms with E-state index in [4.69, 9.17) is 34.8 Å². The van der Waals surface area contributed by atoms with Crippen LogP contribution in [0.2, 0.25) is 15.1 Å². The molecule has 0 aromatic heterocycles. The van der Waals surface area contributed by atoms with Gasteiger partial charge >= 0.3 is 0 Å². The van der Waals surface area contributed by atoms with Crippen molar-refractivity contribution in [2.75, 3.05) is 18.1 Å². The minimum absolute atomic E-state index is 0.152. The van der Waals surface area contributed by atoms with E-state index in [-0.39, 0.29) is 11.6 Å². The highest BCUT2D eigenvalue weighted by molar-refractivity contribution is 6.41. The van der Waals surface area contributed by atoms with E-state index in [1.807, 2.05) is 17.1 Å². The van der Waals surface area contributed by atoms with Crippen molar-refractivity contribution in [3.8, 4) is 6.07 Å². The van der Waals surface area contributed by atoms with E-state index in [9.17, 15) is 10.1 Å². The third-order valence-electron chi connectivity index (χ3n) is 5.44. The van der Waals surface area contributed by atoms with Crippen molar-refractivity contribution in [1.82, 2.24) is 10.4 Å². The van der Waals surface area contributed by atoms with Gasteiger partial charge in [0.2, 0.25) is 0 Å². The number of nitriles is 1. The lowest BCUT2D eigenvalue weighted by Gasteiger charge is -2.27. The predicted molar refractivity (Wildman–Crippen MR) is 123 cm³/mol. The lowest BCUT2D eigenvalue weighted by atomic mass is 9.90. The van der Waals surface area contributed by atoms with Crippen LogP contribution in [-0.2, 0) is 4.79 Å². The largest absolute Gasteiger partial charge is 0.284 e. The number of hydrogen-bond acceptors (Lipinski definition) is 5. The summed E-state index contributed by atoms with van der Waals surface area (Å²) in [5.41, 5.74) is 4.42.